The summed E-state index contributed by atoms with van der Waals surface area (Å²) >= 11 is 0. The van der Waals surface area contributed by atoms with E-state index in [1.165, 1.54) is 18.1 Å². The fourth-order valence-electron chi connectivity index (χ4n) is 4.38. The summed E-state index contributed by atoms with van der Waals surface area (Å²) in [6, 6.07) is 13.6. The first-order valence-corrected chi connectivity index (χ1v) is 12.4. The quantitative estimate of drug-likeness (QED) is 0.319. The van der Waals surface area contributed by atoms with E-state index in [1.807, 2.05) is 19.9 Å². The number of esters is 2. The van der Waals surface area contributed by atoms with Gasteiger partial charge in [0.15, 0.2) is 0 Å². The minimum Gasteiger partial charge on any atom is -0.490 e. The standard InChI is InChI=1S/C28H30N4O5/c1-18(2)35-25-11-10-22(15-24(25)16-29)28-30-27(31-37-28)21-8-9-23-17-32(12-4-6-20(23)14-21)13-5-7-26(34)36-19(3)33/h8-11,14-15,18H,4-7,12-13,17H2,1-3H3. The van der Waals surface area contributed by atoms with Gasteiger partial charge in [0.05, 0.1) is 11.7 Å². The zero-order valence-electron chi connectivity index (χ0n) is 21.3. The summed E-state index contributed by atoms with van der Waals surface area (Å²) in [5.74, 6) is 0.308. The number of nitrogens with zero attached hydrogens (tertiary/aromatic N) is 4. The van der Waals surface area contributed by atoms with Gasteiger partial charge >= 0.3 is 11.9 Å². The van der Waals surface area contributed by atoms with Crippen LogP contribution in [-0.4, -0.2) is 46.2 Å². The van der Waals surface area contributed by atoms with Crippen molar-refractivity contribution >= 4 is 11.9 Å². The molecule has 0 saturated heterocycles. The van der Waals surface area contributed by atoms with Crippen molar-refractivity contribution in [3.05, 3.63) is 53.1 Å². The van der Waals surface area contributed by atoms with Gasteiger partial charge in [-0.2, -0.15) is 10.2 Å². The smallest absolute Gasteiger partial charge is 0.313 e. The van der Waals surface area contributed by atoms with Gasteiger partial charge in [-0.05, 0) is 81.6 Å². The van der Waals surface area contributed by atoms with Crippen LogP contribution in [0.15, 0.2) is 40.9 Å². The third kappa shape index (κ3) is 6.80. The Morgan fingerprint density at radius 1 is 1.16 bits per heavy atom. The number of nitriles is 1. The van der Waals surface area contributed by atoms with Gasteiger partial charge in [-0.3, -0.25) is 14.5 Å². The van der Waals surface area contributed by atoms with Crippen LogP contribution in [0, 0.1) is 11.3 Å². The van der Waals surface area contributed by atoms with E-state index in [1.54, 1.807) is 18.2 Å². The summed E-state index contributed by atoms with van der Waals surface area (Å²) in [5.41, 5.74) is 4.41. The normalized spacial score (nSPS) is 13.5. The van der Waals surface area contributed by atoms with E-state index in [2.05, 4.69) is 38.0 Å². The first-order valence-electron chi connectivity index (χ1n) is 12.4. The van der Waals surface area contributed by atoms with Gasteiger partial charge in [-0.25, -0.2) is 0 Å². The lowest BCUT2D eigenvalue weighted by molar-refractivity contribution is -0.158. The van der Waals surface area contributed by atoms with E-state index in [-0.39, 0.29) is 12.5 Å². The first-order chi connectivity index (χ1) is 17.8. The lowest BCUT2D eigenvalue weighted by Crippen LogP contribution is -2.25. The Balaban J connectivity index is 1.44. The third-order valence-electron chi connectivity index (χ3n) is 6.03. The minimum atomic E-state index is -0.570. The zero-order chi connectivity index (χ0) is 26.4. The largest absolute Gasteiger partial charge is 0.490 e. The summed E-state index contributed by atoms with van der Waals surface area (Å²) in [7, 11) is 0. The highest BCUT2D eigenvalue weighted by Gasteiger charge is 2.18. The van der Waals surface area contributed by atoms with E-state index in [0.717, 1.165) is 38.0 Å². The molecule has 0 saturated carbocycles. The molecule has 1 aliphatic heterocycles. The van der Waals surface area contributed by atoms with Crippen LogP contribution in [0.25, 0.3) is 22.8 Å². The maximum Gasteiger partial charge on any atom is 0.313 e. The van der Waals surface area contributed by atoms with Gasteiger partial charge in [-0.15, -0.1) is 0 Å². The van der Waals surface area contributed by atoms with Crippen molar-refractivity contribution in [3.8, 4) is 34.7 Å². The Hall–Kier alpha value is -4.03. The van der Waals surface area contributed by atoms with Crippen LogP contribution in [0.2, 0.25) is 0 Å². The summed E-state index contributed by atoms with van der Waals surface area (Å²) in [6.07, 6.45) is 2.76. The third-order valence-corrected chi connectivity index (χ3v) is 6.03. The van der Waals surface area contributed by atoms with Crippen molar-refractivity contribution in [2.75, 3.05) is 13.1 Å². The Kier molecular flexibility index (Phi) is 8.31. The number of hydrogen-bond donors (Lipinski definition) is 0. The van der Waals surface area contributed by atoms with E-state index in [4.69, 9.17) is 9.26 Å². The highest BCUT2D eigenvalue weighted by Crippen LogP contribution is 2.29. The molecule has 2 aromatic carbocycles. The van der Waals surface area contributed by atoms with Crippen molar-refractivity contribution in [3.63, 3.8) is 0 Å². The SMILES string of the molecule is CC(=O)OC(=O)CCCN1CCCc2cc(-c3noc(-c4ccc(OC(C)C)c(C#N)c4)n3)ccc2C1. The molecular formula is C28H30N4O5. The molecule has 1 aromatic heterocycles. The van der Waals surface area contributed by atoms with E-state index < -0.39 is 11.9 Å². The summed E-state index contributed by atoms with van der Waals surface area (Å²) in [6.45, 7) is 7.53. The van der Waals surface area contributed by atoms with Gasteiger partial charge in [0.1, 0.15) is 11.8 Å². The molecule has 0 bridgehead atoms. The molecule has 9 heteroatoms. The number of fused-ring (bicyclic) bond motifs is 1. The summed E-state index contributed by atoms with van der Waals surface area (Å²) < 4.78 is 15.8. The van der Waals surface area contributed by atoms with Crippen LogP contribution in [-0.2, 0) is 27.3 Å². The molecule has 1 aliphatic rings. The van der Waals surface area contributed by atoms with Gasteiger partial charge in [-0.1, -0.05) is 17.3 Å². The second-order valence-corrected chi connectivity index (χ2v) is 9.34. The Morgan fingerprint density at radius 3 is 2.73 bits per heavy atom. The monoisotopic (exact) mass is 502 g/mol. The van der Waals surface area contributed by atoms with Crippen LogP contribution in [0.4, 0.5) is 0 Å². The zero-order valence-corrected chi connectivity index (χ0v) is 21.3. The number of carbonyl (C=O) groups excluding carboxylic acids is 2. The number of carbonyl (C=O) groups is 2. The van der Waals surface area contributed by atoms with E-state index in [0.29, 0.717) is 35.0 Å². The van der Waals surface area contributed by atoms with Gasteiger partial charge in [0, 0.05) is 31.0 Å². The molecule has 37 heavy (non-hydrogen) atoms. The summed E-state index contributed by atoms with van der Waals surface area (Å²) in [5, 5.41) is 13.7. The second-order valence-electron chi connectivity index (χ2n) is 9.34. The molecule has 0 N–H and O–H groups in total. The average Bonchev–Trinajstić information content (AvgIpc) is 3.25. The van der Waals surface area contributed by atoms with Gasteiger partial charge < -0.3 is 14.0 Å². The molecule has 9 nitrogen and oxygen atoms in total. The lowest BCUT2D eigenvalue weighted by atomic mass is 10.0. The minimum absolute atomic E-state index is 0.0372. The van der Waals surface area contributed by atoms with E-state index >= 15 is 0 Å². The number of rotatable bonds is 8. The van der Waals surface area contributed by atoms with Crippen LogP contribution in [0.1, 0.15) is 56.7 Å². The Bertz CT molecular complexity index is 1320. The highest BCUT2D eigenvalue weighted by atomic mass is 16.6. The van der Waals surface area contributed by atoms with Crippen molar-refractivity contribution in [2.45, 2.75) is 59.1 Å². The van der Waals surface area contributed by atoms with Crippen LogP contribution < -0.4 is 4.74 Å². The number of aromatic nitrogens is 2. The molecule has 3 aromatic rings. The van der Waals surface area contributed by atoms with Gasteiger partial charge in [0.2, 0.25) is 5.82 Å². The number of ether oxygens (including phenoxy) is 2. The van der Waals surface area contributed by atoms with Crippen molar-refractivity contribution in [2.24, 2.45) is 0 Å². The van der Waals surface area contributed by atoms with Crippen LogP contribution >= 0.6 is 0 Å². The maximum atomic E-state index is 11.6. The molecule has 0 atom stereocenters. The number of benzene rings is 2. The molecule has 192 valence electrons. The second kappa shape index (κ2) is 11.8. The van der Waals surface area contributed by atoms with Crippen molar-refractivity contribution in [1.82, 2.24) is 15.0 Å². The molecule has 0 aliphatic carbocycles. The molecule has 0 spiro atoms. The Morgan fingerprint density at radius 2 is 1.97 bits per heavy atom. The van der Waals surface area contributed by atoms with Crippen molar-refractivity contribution < 1.29 is 23.6 Å². The molecule has 4 rings (SSSR count). The molecule has 0 unspecified atom stereocenters. The fourth-order valence-corrected chi connectivity index (χ4v) is 4.38. The Labute approximate surface area is 216 Å². The fraction of sp³-hybridized carbons (Fsp3) is 0.393. The van der Waals surface area contributed by atoms with E-state index in [9.17, 15) is 14.9 Å². The maximum absolute atomic E-state index is 11.6. The summed E-state index contributed by atoms with van der Waals surface area (Å²) in [4.78, 5) is 29.4. The average molecular weight is 503 g/mol. The van der Waals surface area contributed by atoms with Crippen LogP contribution in [0.5, 0.6) is 5.75 Å². The van der Waals surface area contributed by atoms with Crippen molar-refractivity contribution in [1.29, 1.82) is 5.26 Å². The molecule has 0 amide bonds. The predicted octanol–water partition coefficient (Wildman–Crippen LogP) is 4.68. The first kappa shape index (κ1) is 26.0. The molecule has 0 radical (unpaired) electrons. The lowest BCUT2D eigenvalue weighted by Gasteiger charge is -2.20. The van der Waals surface area contributed by atoms with Crippen LogP contribution in [0.3, 0.4) is 0 Å². The molecule has 0 fully saturated rings. The van der Waals surface area contributed by atoms with Gasteiger partial charge in [0.25, 0.3) is 5.89 Å². The number of hydrogen-bond acceptors (Lipinski definition) is 9. The number of aryl methyl sites for hydroxylation is 1. The highest BCUT2D eigenvalue weighted by molar-refractivity contribution is 5.84. The predicted molar refractivity (Wildman–Crippen MR) is 135 cm³/mol. The molecule has 2 heterocycles. The topological polar surface area (TPSA) is 119 Å². The molecular weight excluding hydrogens is 472 g/mol.